The zero-order valence-electron chi connectivity index (χ0n) is 13.0. The van der Waals surface area contributed by atoms with Gasteiger partial charge in [0.05, 0.1) is 12.1 Å². The minimum absolute atomic E-state index is 0.0803. The topological polar surface area (TPSA) is 43.8 Å². The lowest BCUT2D eigenvalue weighted by Gasteiger charge is -2.25. The molecule has 2 aliphatic rings. The van der Waals surface area contributed by atoms with Crippen LogP contribution in [0.2, 0.25) is 10.0 Å². The van der Waals surface area contributed by atoms with Crippen molar-refractivity contribution in [3.8, 4) is 0 Å². The number of aliphatic hydroxyl groups excluding tert-OH is 1. The Morgan fingerprint density at radius 1 is 1.22 bits per heavy atom. The average molecular weight is 357 g/mol. The molecule has 126 valence electrons. The van der Waals surface area contributed by atoms with E-state index in [1.165, 1.54) is 12.8 Å². The number of benzene rings is 1. The van der Waals surface area contributed by atoms with Gasteiger partial charge in [-0.15, -0.1) is 0 Å². The van der Waals surface area contributed by atoms with Crippen molar-refractivity contribution < 1.29 is 9.90 Å². The summed E-state index contributed by atoms with van der Waals surface area (Å²) < 4.78 is 0. The minimum atomic E-state index is -0.434. The molecule has 2 fully saturated rings. The van der Waals surface area contributed by atoms with Crippen molar-refractivity contribution >= 4 is 29.1 Å². The van der Waals surface area contributed by atoms with Crippen molar-refractivity contribution in [2.24, 2.45) is 0 Å². The Morgan fingerprint density at radius 2 is 1.96 bits per heavy atom. The SMILES string of the molecule is O=C(CCc1ccc(Cl)cc1Cl)N1C[C@@H](O)[C@H](N2CCCC2)C1. The van der Waals surface area contributed by atoms with Crippen LogP contribution in [0.4, 0.5) is 0 Å². The Morgan fingerprint density at radius 3 is 2.65 bits per heavy atom. The summed E-state index contributed by atoms with van der Waals surface area (Å²) in [6, 6.07) is 5.45. The van der Waals surface area contributed by atoms with E-state index in [1.54, 1.807) is 17.0 Å². The molecule has 0 bridgehead atoms. The highest BCUT2D eigenvalue weighted by molar-refractivity contribution is 6.35. The summed E-state index contributed by atoms with van der Waals surface area (Å²) in [7, 11) is 0. The fourth-order valence-corrected chi connectivity index (χ4v) is 4.03. The lowest BCUT2D eigenvalue weighted by molar-refractivity contribution is -0.130. The molecule has 0 saturated carbocycles. The molecular formula is C17H22Cl2N2O2. The van der Waals surface area contributed by atoms with E-state index in [9.17, 15) is 9.90 Å². The first-order valence-corrected chi connectivity index (χ1v) is 8.94. The largest absolute Gasteiger partial charge is 0.390 e. The number of β-amino-alcohol motifs (C(OH)–C–C–N with tert-alkyl or cyclic N) is 1. The third-order valence-electron chi connectivity index (χ3n) is 4.84. The summed E-state index contributed by atoms with van der Waals surface area (Å²) in [6.07, 6.45) is 2.94. The molecule has 0 radical (unpaired) electrons. The van der Waals surface area contributed by atoms with Crippen LogP contribution in [0.25, 0.3) is 0 Å². The van der Waals surface area contributed by atoms with Crippen LogP contribution in [-0.4, -0.2) is 59.1 Å². The van der Waals surface area contributed by atoms with E-state index in [2.05, 4.69) is 4.90 Å². The Hall–Kier alpha value is -0.810. The maximum absolute atomic E-state index is 12.4. The highest BCUT2D eigenvalue weighted by Crippen LogP contribution is 2.24. The number of likely N-dealkylation sites (tertiary alicyclic amines) is 2. The zero-order valence-corrected chi connectivity index (χ0v) is 14.6. The van der Waals surface area contributed by atoms with E-state index >= 15 is 0 Å². The Kier molecular flexibility index (Phi) is 5.47. The highest BCUT2D eigenvalue weighted by atomic mass is 35.5. The fraction of sp³-hybridized carbons (Fsp3) is 0.588. The molecule has 0 spiro atoms. The summed E-state index contributed by atoms with van der Waals surface area (Å²) in [4.78, 5) is 16.5. The van der Waals surface area contributed by atoms with Gasteiger partial charge in [-0.25, -0.2) is 0 Å². The van der Waals surface area contributed by atoms with Crippen LogP contribution in [0.1, 0.15) is 24.8 Å². The molecule has 2 heterocycles. The minimum Gasteiger partial charge on any atom is -0.390 e. The third-order valence-corrected chi connectivity index (χ3v) is 5.43. The average Bonchev–Trinajstić information content (AvgIpc) is 3.15. The van der Waals surface area contributed by atoms with E-state index in [0.717, 1.165) is 18.7 Å². The first-order valence-electron chi connectivity index (χ1n) is 8.18. The number of hydrogen-bond donors (Lipinski definition) is 1. The summed E-state index contributed by atoms with van der Waals surface area (Å²) in [5, 5.41) is 11.5. The lowest BCUT2D eigenvalue weighted by Crippen LogP contribution is -2.41. The molecule has 2 saturated heterocycles. The molecule has 0 aromatic heterocycles. The molecule has 23 heavy (non-hydrogen) atoms. The smallest absolute Gasteiger partial charge is 0.223 e. The van der Waals surface area contributed by atoms with Crippen molar-refractivity contribution in [1.29, 1.82) is 0 Å². The number of halogens is 2. The zero-order chi connectivity index (χ0) is 16.4. The van der Waals surface area contributed by atoms with Gasteiger partial charge in [0.2, 0.25) is 5.91 Å². The van der Waals surface area contributed by atoms with Crippen molar-refractivity contribution in [3.63, 3.8) is 0 Å². The first kappa shape index (κ1) is 17.0. The number of nitrogens with zero attached hydrogens (tertiary/aromatic N) is 2. The van der Waals surface area contributed by atoms with Crippen LogP contribution in [0.15, 0.2) is 18.2 Å². The van der Waals surface area contributed by atoms with Gasteiger partial charge in [0.1, 0.15) is 0 Å². The van der Waals surface area contributed by atoms with Crippen molar-refractivity contribution in [1.82, 2.24) is 9.80 Å². The van der Waals surface area contributed by atoms with E-state index in [1.807, 2.05) is 6.07 Å². The summed E-state index contributed by atoms with van der Waals surface area (Å²) in [5.41, 5.74) is 0.931. The number of carbonyl (C=O) groups excluding carboxylic acids is 1. The molecule has 1 N–H and O–H groups in total. The highest BCUT2D eigenvalue weighted by Gasteiger charge is 2.38. The standard InChI is InChI=1S/C17H22Cl2N2O2/c18-13-5-3-12(14(19)9-13)4-6-17(23)21-10-15(16(22)11-21)20-7-1-2-8-20/h3,5,9,15-16,22H,1-2,4,6-8,10-11H2/t15-,16-/m1/s1. The van der Waals surface area contributed by atoms with Gasteiger partial charge in [0.15, 0.2) is 0 Å². The number of aryl methyl sites for hydroxylation is 1. The van der Waals surface area contributed by atoms with E-state index in [0.29, 0.717) is 36.0 Å². The molecule has 0 unspecified atom stereocenters. The number of hydrogen-bond acceptors (Lipinski definition) is 3. The predicted molar refractivity (Wildman–Crippen MR) is 92.0 cm³/mol. The van der Waals surface area contributed by atoms with Crippen molar-refractivity contribution in [2.45, 2.75) is 37.8 Å². The quantitative estimate of drug-likeness (QED) is 0.901. The Labute approximate surface area is 147 Å². The van der Waals surface area contributed by atoms with Gasteiger partial charge in [0, 0.05) is 29.6 Å². The number of amides is 1. The number of rotatable bonds is 4. The number of carbonyl (C=O) groups is 1. The first-order chi connectivity index (χ1) is 11.0. The van der Waals surface area contributed by atoms with Gasteiger partial charge in [0.25, 0.3) is 0 Å². The van der Waals surface area contributed by atoms with Gasteiger partial charge in [-0.1, -0.05) is 29.3 Å². The normalized spacial score (nSPS) is 25.3. The molecule has 3 rings (SSSR count). The van der Waals surface area contributed by atoms with Gasteiger partial charge in [-0.2, -0.15) is 0 Å². The van der Waals surface area contributed by atoms with Crippen molar-refractivity contribution in [3.05, 3.63) is 33.8 Å². The summed E-state index contributed by atoms with van der Waals surface area (Å²) in [6.45, 7) is 3.14. The molecule has 2 atom stereocenters. The monoisotopic (exact) mass is 356 g/mol. The second-order valence-electron chi connectivity index (χ2n) is 6.41. The van der Waals surface area contributed by atoms with Gasteiger partial charge >= 0.3 is 0 Å². The van der Waals surface area contributed by atoms with Crippen LogP contribution in [0.5, 0.6) is 0 Å². The van der Waals surface area contributed by atoms with Crippen molar-refractivity contribution in [2.75, 3.05) is 26.2 Å². The molecular weight excluding hydrogens is 335 g/mol. The maximum Gasteiger partial charge on any atom is 0.223 e. The van der Waals surface area contributed by atoms with Crippen LogP contribution >= 0.6 is 23.2 Å². The molecule has 4 nitrogen and oxygen atoms in total. The fourth-order valence-electron chi connectivity index (χ4n) is 3.53. The molecule has 6 heteroatoms. The molecule has 0 aliphatic carbocycles. The maximum atomic E-state index is 12.4. The molecule has 2 aliphatic heterocycles. The van der Waals surface area contributed by atoms with Gasteiger partial charge in [-0.3, -0.25) is 9.69 Å². The summed E-state index contributed by atoms with van der Waals surface area (Å²) in [5.74, 6) is 0.0803. The molecule has 1 aromatic rings. The predicted octanol–water partition coefficient (Wildman–Crippen LogP) is 2.59. The lowest BCUT2D eigenvalue weighted by atomic mass is 10.1. The van der Waals surface area contributed by atoms with Gasteiger partial charge in [-0.05, 0) is 50.0 Å². The molecule has 1 aromatic carbocycles. The van der Waals surface area contributed by atoms with E-state index < -0.39 is 6.10 Å². The van der Waals surface area contributed by atoms with E-state index in [-0.39, 0.29) is 11.9 Å². The Bertz CT molecular complexity index is 576. The van der Waals surface area contributed by atoms with Crippen LogP contribution in [0, 0.1) is 0 Å². The van der Waals surface area contributed by atoms with Gasteiger partial charge < -0.3 is 10.0 Å². The Balaban J connectivity index is 1.54. The van der Waals surface area contributed by atoms with Crippen LogP contribution in [-0.2, 0) is 11.2 Å². The second kappa shape index (κ2) is 7.39. The van der Waals surface area contributed by atoms with E-state index in [4.69, 9.17) is 23.2 Å². The van der Waals surface area contributed by atoms with Crippen LogP contribution < -0.4 is 0 Å². The number of aliphatic hydroxyl groups is 1. The third kappa shape index (κ3) is 4.00. The summed E-state index contributed by atoms with van der Waals surface area (Å²) >= 11 is 12.0. The second-order valence-corrected chi connectivity index (χ2v) is 7.26. The van der Waals surface area contributed by atoms with Crippen LogP contribution in [0.3, 0.4) is 0 Å². The molecule has 1 amide bonds.